The summed E-state index contributed by atoms with van der Waals surface area (Å²) in [6.45, 7) is 4.19. The lowest BCUT2D eigenvalue weighted by molar-refractivity contribution is 1.07. The van der Waals surface area contributed by atoms with E-state index >= 15 is 0 Å². The Morgan fingerprint density at radius 2 is 0.781 bits per heavy atom. The second-order valence-electron chi connectivity index (χ2n) is 7.99. The van der Waals surface area contributed by atoms with Crippen LogP contribution < -0.4 is 0 Å². The lowest BCUT2D eigenvalue weighted by atomic mass is 10.0. The van der Waals surface area contributed by atoms with Crippen molar-refractivity contribution < 1.29 is 0 Å². The zero-order chi connectivity index (χ0) is 21.9. The van der Waals surface area contributed by atoms with E-state index in [4.69, 9.17) is 15.0 Å². The molecular formula is C29H23N3. The molecule has 0 aliphatic rings. The summed E-state index contributed by atoms with van der Waals surface area (Å²) < 4.78 is 0. The Morgan fingerprint density at radius 1 is 0.375 bits per heavy atom. The molecule has 0 N–H and O–H groups in total. The monoisotopic (exact) mass is 413 g/mol. The van der Waals surface area contributed by atoms with Crippen molar-refractivity contribution >= 4 is 0 Å². The van der Waals surface area contributed by atoms with Gasteiger partial charge >= 0.3 is 0 Å². The van der Waals surface area contributed by atoms with Crippen LogP contribution in [0.1, 0.15) is 11.1 Å². The van der Waals surface area contributed by atoms with Crippen molar-refractivity contribution in [1.29, 1.82) is 0 Å². The summed E-state index contributed by atoms with van der Waals surface area (Å²) in [4.78, 5) is 14.5. The van der Waals surface area contributed by atoms with Gasteiger partial charge in [0, 0.05) is 16.7 Å². The van der Waals surface area contributed by atoms with Gasteiger partial charge in [-0.15, -0.1) is 0 Å². The van der Waals surface area contributed by atoms with Crippen molar-refractivity contribution in [2.75, 3.05) is 0 Å². The summed E-state index contributed by atoms with van der Waals surface area (Å²) in [6, 6.07) is 35.3. The van der Waals surface area contributed by atoms with Crippen LogP contribution in [0.15, 0.2) is 103 Å². The molecule has 0 unspecified atom stereocenters. The third-order valence-electron chi connectivity index (χ3n) is 5.42. The van der Waals surface area contributed by atoms with Gasteiger partial charge in [-0.25, -0.2) is 15.0 Å². The van der Waals surface area contributed by atoms with Gasteiger partial charge in [-0.3, -0.25) is 0 Å². The summed E-state index contributed by atoms with van der Waals surface area (Å²) in [7, 11) is 0. The van der Waals surface area contributed by atoms with E-state index in [-0.39, 0.29) is 0 Å². The Bertz CT molecular complexity index is 1390. The lowest BCUT2D eigenvalue weighted by Crippen LogP contribution is -2.00. The molecule has 1 aromatic heterocycles. The van der Waals surface area contributed by atoms with Crippen LogP contribution in [-0.4, -0.2) is 15.0 Å². The van der Waals surface area contributed by atoms with Gasteiger partial charge in [0.1, 0.15) is 0 Å². The number of hydrogen-bond acceptors (Lipinski definition) is 3. The zero-order valence-electron chi connectivity index (χ0n) is 18.2. The molecule has 0 spiro atoms. The molecule has 0 atom stereocenters. The van der Waals surface area contributed by atoms with E-state index in [1.54, 1.807) is 0 Å². The van der Waals surface area contributed by atoms with Crippen LogP contribution in [0.2, 0.25) is 0 Å². The van der Waals surface area contributed by atoms with Gasteiger partial charge in [0.05, 0.1) is 0 Å². The second-order valence-corrected chi connectivity index (χ2v) is 7.99. The van der Waals surface area contributed by atoms with E-state index in [9.17, 15) is 0 Å². The molecule has 0 radical (unpaired) electrons. The van der Waals surface area contributed by atoms with E-state index in [1.165, 1.54) is 16.7 Å². The Hall–Kier alpha value is -4.11. The molecule has 0 aliphatic heterocycles. The maximum absolute atomic E-state index is 4.87. The number of hydrogen-bond donors (Lipinski definition) is 0. The van der Waals surface area contributed by atoms with Crippen LogP contribution >= 0.6 is 0 Å². The fourth-order valence-electron chi connectivity index (χ4n) is 3.80. The van der Waals surface area contributed by atoms with Gasteiger partial charge < -0.3 is 0 Å². The first-order valence-corrected chi connectivity index (χ1v) is 10.7. The Balaban J connectivity index is 1.67. The quantitative estimate of drug-likeness (QED) is 0.314. The van der Waals surface area contributed by atoms with Gasteiger partial charge in [-0.2, -0.15) is 0 Å². The highest BCUT2D eigenvalue weighted by Gasteiger charge is 2.13. The molecule has 4 aromatic carbocycles. The summed E-state index contributed by atoms with van der Waals surface area (Å²) >= 11 is 0. The van der Waals surface area contributed by atoms with E-state index in [1.807, 2.05) is 42.5 Å². The molecule has 0 aliphatic carbocycles. The molecule has 0 saturated carbocycles. The number of rotatable bonds is 4. The molecule has 0 saturated heterocycles. The van der Waals surface area contributed by atoms with Crippen molar-refractivity contribution in [3.8, 4) is 45.3 Å². The fraction of sp³-hybridized carbons (Fsp3) is 0.0690. The van der Waals surface area contributed by atoms with Crippen molar-refractivity contribution in [2.45, 2.75) is 13.8 Å². The van der Waals surface area contributed by atoms with Crippen LogP contribution in [0.4, 0.5) is 0 Å². The second kappa shape index (κ2) is 8.56. The molecule has 0 bridgehead atoms. The Kier molecular flexibility index (Phi) is 5.30. The van der Waals surface area contributed by atoms with Crippen molar-refractivity contribution in [3.63, 3.8) is 0 Å². The predicted octanol–water partition coefficient (Wildman–Crippen LogP) is 7.16. The minimum absolute atomic E-state index is 0.671. The van der Waals surface area contributed by atoms with Crippen molar-refractivity contribution in [1.82, 2.24) is 15.0 Å². The Labute approximate surface area is 188 Å². The van der Waals surface area contributed by atoms with Gasteiger partial charge in [-0.1, -0.05) is 102 Å². The molecule has 32 heavy (non-hydrogen) atoms. The summed E-state index contributed by atoms with van der Waals surface area (Å²) in [5.74, 6) is 2.02. The SMILES string of the molecule is Cc1cccc(-c2cccc(-c3nc(-c4ccccc4)nc(-c4cccc(C)c4)n3)c2)c1. The highest BCUT2D eigenvalue weighted by molar-refractivity contribution is 5.72. The van der Waals surface area contributed by atoms with Gasteiger partial charge in [0.25, 0.3) is 0 Å². The lowest BCUT2D eigenvalue weighted by Gasteiger charge is -2.10. The number of benzene rings is 4. The molecule has 154 valence electrons. The molecule has 3 heteroatoms. The summed E-state index contributed by atoms with van der Waals surface area (Å²) in [6.07, 6.45) is 0. The zero-order valence-corrected chi connectivity index (χ0v) is 18.2. The molecule has 0 fully saturated rings. The largest absolute Gasteiger partial charge is 0.208 e. The molecule has 5 rings (SSSR count). The third-order valence-corrected chi connectivity index (χ3v) is 5.42. The van der Waals surface area contributed by atoms with E-state index in [0.717, 1.165) is 22.3 Å². The van der Waals surface area contributed by atoms with Crippen molar-refractivity contribution in [2.24, 2.45) is 0 Å². The van der Waals surface area contributed by atoms with E-state index in [0.29, 0.717) is 17.5 Å². The maximum Gasteiger partial charge on any atom is 0.164 e. The average molecular weight is 414 g/mol. The third kappa shape index (κ3) is 4.19. The van der Waals surface area contributed by atoms with Crippen LogP contribution in [0, 0.1) is 13.8 Å². The molecular weight excluding hydrogens is 390 g/mol. The molecule has 0 amide bonds. The highest BCUT2D eigenvalue weighted by atomic mass is 15.0. The van der Waals surface area contributed by atoms with Crippen LogP contribution in [0.25, 0.3) is 45.3 Å². The molecule has 1 heterocycles. The first-order chi connectivity index (χ1) is 15.7. The van der Waals surface area contributed by atoms with Gasteiger partial charge in [-0.05, 0) is 37.1 Å². The smallest absolute Gasteiger partial charge is 0.164 e. The molecule has 3 nitrogen and oxygen atoms in total. The van der Waals surface area contributed by atoms with Crippen molar-refractivity contribution in [3.05, 3.63) is 114 Å². The minimum atomic E-state index is 0.671. The van der Waals surface area contributed by atoms with E-state index < -0.39 is 0 Å². The number of aryl methyl sites for hydroxylation is 2. The molecule has 5 aromatic rings. The topological polar surface area (TPSA) is 38.7 Å². The van der Waals surface area contributed by atoms with Crippen LogP contribution in [-0.2, 0) is 0 Å². The standard InChI is InChI=1S/C29H23N3/c1-20-9-6-13-23(17-20)24-14-8-16-26(19-24)29-31-27(22-11-4-3-5-12-22)30-28(32-29)25-15-7-10-21(2)18-25/h3-19H,1-2H3. The number of aromatic nitrogens is 3. The predicted molar refractivity (Wildman–Crippen MR) is 131 cm³/mol. The van der Waals surface area contributed by atoms with Gasteiger partial charge in [0.2, 0.25) is 0 Å². The maximum atomic E-state index is 4.87. The minimum Gasteiger partial charge on any atom is -0.208 e. The first kappa shape index (κ1) is 19.8. The average Bonchev–Trinajstić information content (AvgIpc) is 2.84. The fourth-order valence-corrected chi connectivity index (χ4v) is 3.80. The van der Waals surface area contributed by atoms with Crippen LogP contribution in [0.3, 0.4) is 0 Å². The highest BCUT2D eigenvalue weighted by Crippen LogP contribution is 2.28. The normalized spacial score (nSPS) is 10.8. The summed E-state index contributed by atoms with van der Waals surface area (Å²) in [5.41, 5.74) is 7.67. The Morgan fingerprint density at radius 3 is 1.38 bits per heavy atom. The summed E-state index contributed by atoms with van der Waals surface area (Å²) in [5, 5.41) is 0. The van der Waals surface area contributed by atoms with Gasteiger partial charge in [0.15, 0.2) is 17.5 Å². The van der Waals surface area contributed by atoms with E-state index in [2.05, 4.69) is 74.5 Å². The number of nitrogens with zero attached hydrogens (tertiary/aromatic N) is 3. The van der Waals surface area contributed by atoms with Crippen LogP contribution in [0.5, 0.6) is 0 Å². The first-order valence-electron chi connectivity index (χ1n) is 10.7.